The van der Waals surface area contributed by atoms with Crippen LogP contribution in [-0.2, 0) is 19.4 Å². The summed E-state index contributed by atoms with van der Waals surface area (Å²) in [5, 5.41) is 6.79. The van der Waals surface area contributed by atoms with Crippen LogP contribution in [0.5, 0.6) is 11.5 Å². The van der Waals surface area contributed by atoms with Crippen LogP contribution in [0.25, 0.3) is 0 Å². The van der Waals surface area contributed by atoms with E-state index >= 15 is 0 Å². The summed E-state index contributed by atoms with van der Waals surface area (Å²) in [7, 11) is 7.27. The summed E-state index contributed by atoms with van der Waals surface area (Å²) >= 11 is 0. The number of guanidine groups is 1. The number of fused-ring (bicyclic) bond motifs is 1. The lowest BCUT2D eigenvalue weighted by Gasteiger charge is -2.28. The Balaban J connectivity index is 0.00000320. The number of ether oxygens (including phenoxy) is 2. The second-order valence-corrected chi connectivity index (χ2v) is 7.28. The molecule has 0 aliphatic carbocycles. The number of halogens is 1. The van der Waals surface area contributed by atoms with Crippen LogP contribution in [-0.4, -0.2) is 47.4 Å². The zero-order valence-electron chi connectivity index (χ0n) is 18.3. The van der Waals surface area contributed by atoms with E-state index in [-0.39, 0.29) is 24.0 Å². The van der Waals surface area contributed by atoms with Gasteiger partial charge in [-0.15, -0.1) is 24.0 Å². The van der Waals surface area contributed by atoms with Crippen LogP contribution in [0, 0.1) is 0 Å². The van der Waals surface area contributed by atoms with Gasteiger partial charge in [-0.2, -0.15) is 0 Å². The molecule has 0 aromatic heterocycles. The molecule has 30 heavy (non-hydrogen) atoms. The Morgan fingerprint density at radius 2 is 1.80 bits per heavy atom. The van der Waals surface area contributed by atoms with Crippen molar-refractivity contribution in [3.63, 3.8) is 0 Å². The number of hydrogen-bond acceptors (Lipinski definition) is 4. The number of anilines is 1. The number of benzene rings is 2. The fourth-order valence-corrected chi connectivity index (χ4v) is 3.72. The first-order chi connectivity index (χ1) is 14.1. The van der Waals surface area contributed by atoms with E-state index in [2.05, 4.69) is 51.8 Å². The Bertz CT molecular complexity index is 857. The van der Waals surface area contributed by atoms with Gasteiger partial charge < -0.3 is 25.0 Å². The van der Waals surface area contributed by atoms with Gasteiger partial charge in [0, 0.05) is 39.4 Å². The number of nitrogens with one attached hydrogen (secondary N) is 2. The minimum atomic E-state index is 0. The molecule has 0 atom stereocenters. The molecule has 1 aliphatic heterocycles. The number of hydrogen-bond donors (Lipinski definition) is 2. The van der Waals surface area contributed by atoms with Gasteiger partial charge in [0.2, 0.25) is 0 Å². The van der Waals surface area contributed by atoms with Gasteiger partial charge in [-0.25, -0.2) is 0 Å². The summed E-state index contributed by atoms with van der Waals surface area (Å²) in [4.78, 5) is 6.67. The first-order valence-electron chi connectivity index (χ1n) is 10.1. The molecule has 2 aromatic carbocycles. The Morgan fingerprint density at radius 3 is 2.53 bits per heavy atom. The van der Waals surface area contributed by atoms with E-state index in [0.717, 1.165) is 49.9 Å². The SMILES string of the molecule is CN=C(NCCc1ccc(OC)c(OC)c1)NCc1ccc2c(c1)CCCN2C.I. The third kappa shape index (κ3) is 6.17. The zero-order valence-corrected chi connectivity index (χ0v) is 20.7. The molecular formula is C23H33IN4O2. The lowest BCUT2D eigenvalue weighted by molar-refractivity contribution is 0.354. The van der Waals surface area contributed by atoms with Crippen LogP contribution >= 0.6 is 24.0 Å². The largest absolute Gasteiger partial charge is 0.493 e. The summed E-state index contributed by atoms with van der Waals surface area (Å²) in [6, 6.07) is 12.8. The normalized spacial score (nSPS) is 13.2. The maximum absolute atomic E-state index is 5.37. The molecule has 0 amide bonds. The molecule has 0 spiro atoms. The molecule has 2 aromatic rings. The van der Waals surface area contributed by atoms with Gasteiger partial charge in [-0.1, -0.05) is 18.2 Å². The van der Waals surface area contributed by atoms with Gasteiger partial charge in [-0.3, -0.25) is 4.99 Å². The molecule has 1 heterocycles. The van der Waals surface area contributed by atoms with Crippen LogP contribution in [0.3, 0.4) is 0 Å². The molecule has 2 N–H and O–H groups in total. The summed E-state index contributed by atoms with van der Waals surface area (Å²) in [6.07, 6.45) is 3.25. The molecule has 3 rings (SSSR count). The van der Waals surface area contributed by atoms with Crippen molar-refractivity contribution in [3.05, 3.63) is 53.1 Å². The van der Waals surface area contributed by atoms with Crippen LogP contribution < -0.4 is 25.0 Å². The standard InChI is InChI=1S/C23H32N4O2.HI/c1-24-23(25-12-11-17-8-10-21(28-3)22(15-17)29-4)26-16-18-7-9-20-19(14-18)6-5-13-27(20)2;/h7-10,14-15H,5-6,11-13,16H2,1-4H3,(H2,24,25,26);1H. The summed E-state index contributed by atoms with van der Waals surface area (Å²) in [5.74, 6) is 2.31. The van der Waals surface area contributed by atoms with Crippen LogP contribution in [0.4, 0.5) is 5.69 Å². The quantitative estimate of drug-likeness (QED) is 0.330. The topological polar surface area (TPSA) is 58.1 Å². The van der Waals surface area contributed by atoms with Crippen LogP contribution in [0.1, 0.15) is 23.1 Å². The number of rotatable bonds is 7. The molecule has 1 aliphatic rings. The average molecular weight is 524 g/mol. The van der Waals surface area contributed by atoms with Crippen molar-refractivity contribution >= 4 is 35.6 Å². The minimum Gasteiger partial charge on any atom is -0.493 e. The second-order valence-electron chi connectivity index (χ2n) is 7.28. The maximum Gasteiger partial charge on any atom is 0.191 e. The second kappa shape index (κ2) is 11.9. The van der Waals surface area contributed by atoms with Crippen molar-refractivity contribution in [1.82, 2.24) is 10.6 Å². The monoisotopic (exact) mass is 524 g/mol. The molecule has 0 fully saturated rings. The number of nitrogens with zero attached hydrogens (tertiary/aromatic N) is 2. The van der Waals surface area contributed by atoms with E-state index in [0.29, 0.717) is 0 Å². The van der Waals surface area contributed by atoms with E-state index in [1.165, 1.54) is 28.8 Å². The highest BCUT2D eigenvalue weighted by atomic mass is 127. The van der Waals surface area contributed by atoms with Gasteiger partial charge in [0.1, 0.15) is 0 Å². The highest BCUT2D eigenvalue weighted by Gasteiger charge is 2.13. The Kier molecular flexibility index (Phi) is 9.55. The Labute approximate surface area is 197 Å². The van der Waals surface area contributed by atoms with Gasteiger partial charge in [0.25, 0.3) is 0 Å². The molecule has 7 heteroatoms. The third-order valence-corrected chi connectivity index (χ3v) is 5.33. The molecule has 0 unspecified atom stereocenters. The van der Waals surface area contributed by atoms with Crippen molar-refractivity contribution in [2.45, 2.75) is 25.8 Å². The average Bonchev–Trinajstić information content (AvgIpc) is 2.76. The van der Waals surface area contributed by atoms with E-state index < -0.39 is 0 Å². The smallest absolute Gasteiger partial charge is 0.191 e. The molecule has 164 valence electrons. The van der Waals surface area contributed by atoms with Crippen molar-refractivity contribution in [2.24, 2.45) is 4.99 Å². The minimum absolute atomic E-state index is 0. The molecule has 0 saturated heterocycles. The molecule has 6 nitrogen and oxygen atoms in total. The predicted molar refractivity (Wildman–Crippen MR) is 135 cm³/mol. The predicted octanol–water partition coefficient (Wildman–Crippen LogP) is 3.61. The van der Waals surface area contributed by atoms with Gasteiger partial charge in [0.05, 0.1) is 14.2 Å². The van der Waals surface area contributed by atoms with Gasteiger partial charge in [-0.05, 0) is 54.2 Å². The fraction of sp³-hybridized carbons (Fsp3) is 0.435. The van der Waals surface area contributed by atoms with Gasteiger partial charge in [0.15, 0.2) is 17.5 Å². The lowest BCUT2D eigenvalue weighted by Crippen LogP contribution is -2.37. The zero-order chi connectivity index (χ0) is 20.6. The highest BCUT2D eigenvalue weighted by molar-refractivity contribution is 14.0. The first kappa shape index (κ1) is 24.1. The van der Waals surface area contributed by atoms with Crippen molar-refractivity contribution in [2.75, 3.05) is 46.3 Å². The molecular weight excluding hydrogens is 491 g/mol. The van der Waals surface area contributed by atoms with Crippen molar-refractivity contribution in [3.8, 4) is 11.5 Å². The van der Waals surface area contributed by atoms with Crippen molar-refractivity contribution in [1.29, 1.82) is 0 Å². The third-order valence-electron chi connectivity index (χ3n) is 5.33. The van der Waals surface area contributed by atoms with E-state index in [4.69, 9.17) is 9.47 Å². The first-order valence-corrected chi connectivity index (χ1v) is 10.1. The van der Waals surface area contributed by atoms with E-state index in [9.17, 15) is 0 Å². The van der Waals surface area contributed by atoms with E-state index in [1.54, 1.807) is 21.3 Å². The lowest BCUT2D eigenvalue weighted by atomic mass is 9.99. The Morgan fingerprint density at radius 1 is 1.03 bits per heavy atom. The van der Waals surface area contributed by atoms with Crippen LogP contribution in [0.2, 0.25) is 0 Å². The fourth-order valence-electron chi connectivity index (χ4n) is 3.72. The summed E-state index contributed by atoms with van der Waals surface area (Å²) in [5.41, 5.74) is 5.26. The van der Waals surface area contributed by atoms with E-state index in [1.807, 2.05) is 12.1 Å². The molecule has 0 radical (unpaired) electrons. The maximum atomic E-state index is 5.37. The van der Waals surface area contributed by atoms with Crippen molar-refractivity contribution < 1.29 is 9.47 Å². The number of aryl methyl sites for hydroxylation is 1. The van der Waals surface area contributed by atoms with Gasteiger partial charge >= 0.3 is 0 Å². The highest BCUT2D eigenvalue weighted by Crippen LogP contribution is 2.28. The number of methoxy groups -OCH3 is 2. The Hall–Kier alpha value is -2.16. The molecule has 0 saturated carbocycles. The van der Waals surface area contributed by atoms with Crippen LogP contribution in [0.15, 0.2) is 41.4 Å². The number of aliphatic imine (C=N–C) groups is 1. The molecule has 0 bridgehead atoms. The summed E-state index contributed by atoms with van der Waals surface area (Å²) < 4.78 is 10.7. The summed E-state index contributed by atoms with van der Waals surface area (Å²) in [6.45, 7) is 2.68.